The van der Waals surface area contributed by atoms with E-state index in [0.717, 1.165) is 27.3 Å². The maximum Gasteiger partial charge on any atom is 0.262 e. The summed E-state index contributed by atoms with van der Waals surface area (Å²) >= 11 is 7.81. The molecule has 1 amide bonds. The van der Waals surface area contributed by atoms with Crippen LogP contribution in [0.3, 0.4) is 0 Å². The number of ether oxygens (including phenoxy) is 1. The van der Waals surface area contributed by atoms with E-state index in [1.54, 1.807) is 6.20 Å². The Morgan fingerprint density at radius 2 is 2.12 bits per heavy atom. The van der Waals surface area contributed by atoms with Crippen LogP contribution in [0.2, 0.25) is 5.02 Å². The zero-order valence-electron chi connectivity index (χ0n) is 18.3. The first kappa shape index (κ1) is 23.3. The number of benzene rings is 1. The van der Waals surface area contributed by atoms with E-state index >= 15 is 0 Å². The van der Waals surface area contributed by atoms with Crippen LogP contribution in [0.25, 0.3) is 16.2 Å². The molecule has 3 aromatic heterocycles. The molecule has 0 radical (unpaired) electrons. The van der Waals surface area contributed by atoms with Crippen LogP contribution in [0, 0.1) is 0 Å². The average molecular weight is 485 g/mol. The molecule has 9 heteroatoms. The van der Waals surface area contributed by atoms with Crippen molar-refractivity contribution in [3.05, 3.63) is 75.9 Å². The third-order valence-electron chi connectivity index (χ3n) is 5.33. The van der Waals surface area contributed by atoms with Gasteiger partial charge in [0.1, 0.15) is 22.4 Å². The Kier molecular flexibility index (Phi) is 6.99. The molecule has 0 aliphatic rings. The lowest BCUT2D eigenvalue weighted by Gasteiger charge is -2.17. The Hall–Kier alpha value is -2.91. The third-order valence-corrected chi connectivity index (χ3v) is 6.81. The zero-order chi connectivity index (χ0) is 23.5. The fourth-order valence-electron chi connectivity index (χ4n) is 3.50. The molecule has 0 bridgehead atoms. The first-order valence-electron chi connectivity index (χ1n) is 10.5. The number of hydrogen-bond acceptors (Lipinski definition) is 6. The van der Waals surface area contributed by atoms with Crippen molar-refractivity contribution in [3.63, 3.8) is 0 Å². The standard InChI is InChI=1S/C24H25ClN4O3S/c1-14(13-30)27-11-16-6-7-17(18(25)9-16)15(2)32-20-10-21(33-23(20)24(26)31)19-12-28-22-5-3-4-8-29(19)22/h3-10,12,14-15,27,30H,11,13H2,1-2H3,(H2,26,31). The summed E-state index contributed by atoms with van der Waals surface area (Å²) in [6, 6.07) is 13.3. The quantitative estimate of drug-likeness (QED) is 0.326. The Morgan fingerprint density at radius 1 is 1.30 bits per heavy atom. The number of nitrogens with one attached hydrogen (secondary N) is 1. The zero-order valence-corrected chi connectivity index (χ0v) is 19.9. The van der Waals surface area contributed by atoms with E-state index in [9.17, 15) is 4.79 Å². The van der Waals surface area contributed by atoms with E-state index in [1.165, 1.54) is 11.3 Å². The lowest BCUT2D eigenvalue weighted by atomic mass is 10.1. The summed E-state index contributed by atoms with van der Waals surface area (Å²) in [5.74, 6) is -0.132. The van der Waals surface area contributed by atoms with Gasteiger partial charge in [-0.1, -0.05) is 29.8 Å². The van der Waals surface area contributed by atoms with Crippen LogP contribution < -0.4 is 15.8 Å². The molecule has 4 rings (SSSR count). The van der Waals surface area contributed by atoms with Gasteiger partial charge in [0.05, 0.1) is 23.4 Å². The Balaban J connectivity index is 1.58. The minimum atomic E-state index is -0.548. The molecule has 172 valence electrons. The molecule has 0 saturated carbocycles. The van der Waals surface area contributed by atoms with Crippen LogP contribution in [-0.4, -0.2) is 33.0 Å². The molecule has 3 heterocycles. The highest BCUT2D eigenvalue weighted by Gasteiger charge is 2.21. The largest absolute Gasteiger partial charge is 0.484 e. The van der Waals surface area contributed by atoms with Gasteiger partial charge in [-0.2, -0.15) is 0 Å². The molecule has 4 aromatic rings. The lowest BCUT2D eigenvalue weighted by Crippen LogP contribution is -2.28. The maximum absolute atomic E-state index is 12.1. The summed E-state index contributed by atoms with van der Waals surface area (Å²) in [6.45, 7) is 4.44. The number of amides is 1. The van der Waals surface area contributed by atoms with E-state index in [0.29, 0.717) is 22.2 Å². The summed E-state index contributed by atoms with van der Waals surface area (Å²) in [5.41, 5.74) is 9.11. The van der Waals surface area contributed by atoms with Crippen LogP contribution in [0.5, 0.6) is 5.75 Å². The molecule has 2 atom stereocenters. The second-order valence-electron chi connectivity index (χ2n) is 7.82. The first-order chi connectivity index (χ1) is 15.9. The molecule has 33 heavy (non-hydrogen) atoms. The molecule has 7 nitrogen and oxygen atoms in total. The van der Waals surface area contributed by atoms with E-state index < -0.39 is 12.0 Å². The van der Waals surface area contributed by atoms with Gasteiger partial charge in [0, 0.05) is 35.4 Å². The molecule has 2 unspecified atom stereocenters. The first-order valence-corrected chi connectivity index (χ1v) is 11.7. The summed E-state index contributed by atoms with van der Waals surface area (Å²) in [5, 5.41) is 12.9. The minimum Gasteiger partial charge on any atom is -0.484 e. The molecule has 1 aromatic carbocycles. The SMILES string of the molecule is CC(CO)NCc1ccc(C(C)Oc2cc(-c3cnc4ccccn34)sc2C(N)=O)c(Cl)c1. The minimum absolute atomic E-state index is 0.00127. The van der Waals surface area contributed by atoms with Crippen molar-refractivity contribution in [2.75, 3.05) is 6.61 Å². The van der Waals surface area contributed by atoms with E-state index in [-0.39, 0.29) is 12.6 Å². The van der Waals surface area contributed by atoms with Gasteiger partial charge in [-0.15, -0.1) is 11.3 Å². The number of aliphatic hydroxyl groups excluding tert-OH is 1. The summed E-state index contributed by atoms with van der Waals surface area (Å²) in [6.07, 6.45) is 3.28. The van der Waals surface area contributed by atoms with Gasteiger partial charge in [0.2, 0.25) is 0 Å². The Labute approximate surface area is 200 Å². The number of primary amides is 1. The summed E-state index contributed by atoms with van der Waals surface area (Å²) in [4.78, 5) is 17.7. The molecule has 0 fully saturated rings. The van der Waals surface area contributed by atoms with Gasteiger partial charge in [0.15, 0.2) is 0 Å². The second kappa shape index (κ2) is 9.93. The highest BCUT2D eigenvalue weighted by Crippen LogP contribution is 2.39. The van der Waals surface area contributed by atoms with Gasteiger partial charge in [-0.3, -0.25) is 9.20 Å². The number of pyridine rings is 1. The molecular formula is C24H25ClN4O3S. The smallest absolute Gasteiger partial charge is 0.262 e. The van der Waals surface area contributed by atoms with Crippen molar-refractivity contribution in [1.29, 1.82) is 0 Å². The highest BCUT2D eigenvalue weighted by atomic mass is 35.5. The maximum atomic E-state index is 12.1. The van der Waals surface area contributed by atoms with Gasteiger partial charge in [-0.05, 0) is 37.6 Å². The number of rotatable bonds is 9. The number of aromatic nitrogens is 2. The van der Waals surface area contributed by atoms with Gasteiger partial charge in [-0.25, -0.2) is 4.98 Å². The van der Waals surface area contributed by atoms with Crippen molar-refractivity contribution in [2.24, 2.45) is 5.73 Å². The number of carbonyl (C=O) groups excluding carboxylic acids is 1. The van der Waals surface area contributed by atoms with Crippen LogP contribution in [0.1, 0.15) is 40.8 Å². The Morgan fingerprint density at radius 3 is 2.85 bits per heavy atom. The predicted molar refractivity (Wildman–Crippen MR) is 131 cm³/mol. The van der Waals surface area contributed by atoms with E-state index in [1.807, 2.05) is 66.9 Å². The number of aliphatic hydroxyl groups is 1. The summed E-state index contributed by atoms with van der Waals surface area (Å²) in [7, 11) is 0. The molecule has 0 aliphatic heterocycles. The van der Waals surface area contributed by atoms with E-state index in [2.05, 4.69) is 10.3 Å². The molecule has 0 saturated heterocycles. The topological polar surface area (TPSA) is 102 Å². The molecular weight excluding hydrogens is 460 g/mol. The van der Waals surface area contributed by atoms with Crippen molar-refractivity contribution in [3.8, 4) is 16.3 Å². The number of fused-ring (bicyclic) bond motifs is 1. The van der Waals surface area contributed by atoms with Crippen LogP contribution in [0.15, 0.2) is 54.9 Å². The Bertz CT molecular complexity index is 1290. The van der Waals surface area contributed by atoms with Crippen molar-refractivity contribution < 1.29 is 14.6 Å². The number of thiophene rings is 1. The van der Waals surface area contributed by atoms with Crippen LogP contribution in [0.4, 0.5) is 0 Å². The number of halogens is 1. The van der Waals surface area contributed by atoms with Crippen molar-refractivity contribution in [1.82, 2.24) is 14.7 Å². The number of hydrogen-bond donors (Lipinski definition) is 3. The van der Waals surface area contributed by atoms with Gasteiger partial charge < -0.3 is 20.9 Å². The van der Waals surface area contributed by atoms with Crippen molar-refractivity contribution >= 4 is 34.5 Å². The second-order valence-corrected chi connectivity index (χ2v) is 9.28. The highest BCUT2D eigenvalue weighted by molar-refractivity contribution is 7.17. The predicted octanol–water partition coefficient (Wildman–Crippen LogP) is 4.43. The third kappa shape index (κ3) is 5.04. The fraction of sp³-hybridized carbons (Fsp3) is 0.250. The van der Waals surface area contributed by atoms with Gasteiger partial charge >= 0.3 is 0 Å². The van der Waals surface area contributed by atoms with Gasteiger partial charge in [0.25, 0.3) is 5.91 Å². The number of carbonyl (C=O) groups is 1. The number of imidazole rings is 1. The van der Waals surface area contributed by atoms with Crippen molar-refractivity contribution in [2.45, 2.75) is 32.5 Å². The normalized spacial score (nSPS) is 13.2. The fourth-order valence-corrected chi connectivity index (χ4v) is 4.80. The van der Waals surface area contributed by atoms with Crippen LogP contribution >= 0.6 is 22.9 Å². The summed E-state index contributed by atoms with van der Waals surface area (Å²) < 4.78 is 8.12. The lowest BCUT2D eigenvalue weighted by molar-refractivity contribution is 0.0998. The molecule has 0 spiro atoms. The van der Waals surface area contributed by atoms with E-state index in [4.69, 9.17) is 27.2 Å². The average Bonchev–Trinajstić information content (AvgIpc) is 3.41. The number of nitrogens with two attached hydrogens (primary N) is 1. The molecule has 4 N–H and O–H groups in total. The number of nitrogens with zero attached hydrogens (tertiary/aromatic N) is 2. The molecule has 0 aliphatic carbocycles. The monoisotopic (exact) mass is 484 g/mol. The van der Waals surface area contributed by atoms with Crippen LogP contribution in [-0.2, 0) is 6.54 Å².